The standard InChI is InChI=1S/C26H19ClN2O3/c1-17-6-8-19(9-7-17)25(30)29-28-16-23-22-5-3-2-4-18(22)12-15-24(23)32-26(31)20-10-13-21(27)14-11-20/h2-16H,1H3,(H,29,30). The molecule has 6 heteroatoms. The van der Waals surface area contributed by atoms with Gasteiger partial charge in [-0.2, -0.15) is 5.10 Å². The van der Waals surface area contributed by atoms with Crippen LogP contribution in [-0.4, -0.2) is 18.1 Å². The summed E-state index contributed by atoms with van der Waals surface area (Å²) in [5.41, 5.74) is 5.04. The van der Waals surface area contributed by atoms with Crippen LogP contribution in [0.2, 0.25) is 5.02 Å². The number of halogens is 1. The molecule has 32 heavy (non-hydrogen) atoms. The molecule has 0 spiro atoms. The molecule has 4 rings (SSSR count). The van der Waals surface area contributed by atoms with Gasteiger partial charge in [-0.05, 0) is 60.2 Å². The number of hydrogen-bond donors (Lipinski definition) is 1. The summed E-state index contributed by atoms with van der Waals surface area (Å²) in [6.07, 6.45) is 1.49. The Balaban J connectivity index is 1.62. The van der Waals surface area contributed by atoms with Crippen LogP contribution in [0.3, 0.4) is 0 Å². The van der Waals surface area contributed by atoms with Crippen molar-refractivity contribution in [2.24, 2.45) is 5.10 Å². The van der Waals surface area contributed by atoms with Crippen LogP contribution >= 0.6 is 11.6 Å². The van der Waals surface area contributed by atoms with Gasteiger partial charge in [-0.15, -0.1) is 0 Å². The number of nitrogens with one attached hydrogen (secondary N) is 1. The highest BCUT2D eigenvalue weighted by atomic mass is 35.5. The van der Waals surface area contributed by atoms with Gasteiger partial charge in [-0.25, -0.2) is 10.2 Å². The van der Waals surface area contributed by atoms with Crippen molar-refractivity contribution in [2.75, 3.05) is 0 Å². The summed E-state index contributed by atoms with van der Waals surface area (Å²) >= 11 is 5.90. The molecule has 0 saturated carbocycles. The van der Waals surface area contributed by atoms with Crippen molar-refractivity contribution >= 4 is 40.5 Å². The third-order valence-electron chi connectivity index (χ3n) is 4.89. The summed E-state index contributed by atoms with van der Waals surface area (Å²) in [6, 6.07) is 24.9. The lowest BCUT2D eigenvalue weighted by atomic mass is 10.0. The fourth-order valence-electron chi connectivity index (χ4n) is 3.17. The van der Waals surface area contributed by atoms with E-state index in [4.69, 9.17) is 16.3 Å². The average molecular weight is 443 g/mol. The van der Waals surface area contributed by atoms with Crippen LogP contribution in [0.15, 0.2) is 90.0 Å². The first kappa shape index (κ1) is 21.3. The van der Waals surface area contributed by atoms with Gasteiger partial charge in [-0.1, -0.05) is 59.6 Å². The van der Waals surface area contributed by atoms with Gasteiger partial charge in [0.25, 0.3) is 5.91 Å². The molecule has 0 fully saturated rings. The van der Waals surface area contributed by atoms with E-state index in [1.165, 1.54) is 6.21 Å². The van der Waals surface area contributed by atoms with Gasteiger partial charge in [0.15, 0.2) is 0 Å². The predicted octanol–water partition coefficient (Wildman–Crippen LogP) is 5.78. The van der Waals surface area contributed by atoms with Crippen molar-refractivity contribution in [3.05, 3.63) is 112 Å². The van der Waals surface area contributed by atoms with E-state index in [1.807, 2.05) is 49.4 Å². The van der Waals surface area contributed by atoms with Crippen LogP contribution in [0.1, 0.15) is 31.8 Å². The van der Waals surface area contributed by atoms with Crippen LogP contribution in [0, 0.1) is 6.92 Å². The molecule has 0 radical (unpaired) electrons. The van der Waals surface area contributed by atoms with Gasteiger partial charge in [0.2, 0.25) is 0 Å². The Hall–Kier alpha value is -3.96. The van der Waals surface area contributed by atoms with Crippen LogP contribution < -0.4 is 10.2 Å². The van der Waals surface area contributed by atoms with E-state index in [0.717, 1.165) is 16.3 Å². The molecule has 0 aromatic heterocycles. The monoisotopic (exact) mass is 442 g/mol. The van der Waals surface area contributed by atoms with E-state index in [0.29, 0.717) is 27.5 Å². The molecule has 0 aliphatic heterocycles. The third-order valence-corrected chi connectivity index (χ3v) is 5.14. The Morgan fingerprint density at radius 3 is 2.31 bits per heavy atom. The van der Waals surface area contributed by atoms with Crippen LogP contribution in [0.25, 0.3) is 10.8 Å². The minimum Gasteiger partial charge on any atom is -0.422 e. The van der Waals surface area contributed by atoms with Crippen LogP contribution in [-0.2, 0) is 0 Å². The van der Waals surface area contributed by atoms with Crippen molar-refractivity contribution < 1.29 is 14.3 Å². The van der Waals surface area contributed by atoms with Gasteiger partial charge < -0.3 is 4.74 Å². The second-order valence-corrected chi connectivity index (χ2v) is 7.60. The summed E-state index contributed by atoms with van der Waals surface area (Å²) in [7, 11) is 0. The lowest BCUT2D eigenvalue weighted by Gasteiger charge is -2.10. The molecule has 1 amide bonds. The number of esters is 1. The first-order valence-corrected chi connectivity index (χ1v) is 10.3. The highest BCUT2D eigenvalue weighted by Gasteiger charge is 2.14. The van der Waals surface area contributed by atoms with Gasteiger partial charge in [-0.3, -0.25) is 4.79 Å². The molecule has 158 valence electrons. The molecule has 0 bridgehead atoms. The number of hydrazone groups is 1. The molecule has 4 aromatic rings. The topological polar surface area (TPSA) is 67.8 Å². The average Bonchev–Trinajstić information content (AvgIpc) is 2.81. The number of amides is 1. The summed E-state index contributed by atoms with van der Waals surface area (Å²) in [5, 5.41) is 6.43. The number of fused-ring (bicyclic) bond motifs is 1. The molecule has 4 aromatic carbocycles. The number of carbonyl (C=O) groups is 2. The first-order valence-electron chi connectivity index (χ1n) is 9.91. The highest BCUT2D eigenvalue weighted by Crippen LogP contribution is 2.27. The number of carbonyl (C=O) groups excluding carboxylic acids is 2. The zero-order valence-corrected chi connectivity index (χ0v) is 18.0. The minimum absolute atomic E-state index is 0.331. The van der Waals surface area contributed by atoms with Gasteiger partial charge in [0.1, 0.15) is 5.75 Å². The van der Waals surface area contributed by atoms with E-state index >= 15 is 0 Å². The lowest BCUT2D eigenvalue weighted by Crippen LogP contribution is -2.17. The van der Waals surface area contributed by atoms with Crippen molar-refractivity contribution in [3.8, 4) is 5.75 Å². The normalized spacial score (nSPS) is 10.9. The summed E-state index contributed by atoms with van der Waals surface area (Å²) < 4.78 is 5.65. The molecule has 5 nitrogen and oxygen atoms in total. The molecule has 0 unspecified atom stereocenters. The van der Waals surface area contributed by atoms with Crippen molar-refractivity contribution in [3.63, 3.8) is 0 Å². The van der Waals surface area contributed by atoms with Crippen molar-refractivity contribution in [2.45, 2.75) is 6.92 Å². The van der Waals surface area contributed by atoms with Crippen molar-refractivity contribution in [1.82, 2.24) is 5.43 Å². The summed E-state index contributed by atoms with van der Waals surface area (Å²) in [6.45, 7) is 1.95. The number of benzene rings is 4. The summed E-state index contributed by atoms with van der Waals surface area (Å²) in [4.78, 5) is 25.0. The second-order valence-electron chi connectivity index (χ2n) is 7.16. The number of rotatable bonds is 5. The van der Waals surface area contributed by atoms with E-state index in [1.54, 1.807) is 42.5 Å². The highest BCUT2D eigenvalue weighted by molar-refractivity contribution is 6.30. The molecule has 1 N–H and O–H groups in total. The van der Waals surface area contributed by atoms with Gasteiger partial charge >= 0.3 is 5.97 Å². The Morgan fingerprint density at radius 2 is 1.56 bits per heavy atom. The Bertz CT molecular complexity index is 1310. The smallest absolute Gasteiger partial charge is 0.343 e. The minimum atomic E-state index is -0.518. The molecule has 0 atom stereocenters. The van der Waals surface area contributed by atoms with Crippen LogP contribution in [0.5, 0.6) is 5.75 Å². The maximum Gasteiger partial charge on any atom is 0.343 e. The van der Waals surface area contributed by atoms with E-state index in [2.05, 4.69) is 10.5 Å². The quantitative estimate of drug-likeness (QED) is 0.184. The zero-order valence-electron chi connectivity index (χ0n) is 17.2. The molecular weight excluding hydrogens is 424 g/mol. The largest absolute Gasteiger partial charge is 0.422 e. The van der Waals surface area contributed by atoms with E-state index in [-0.39, 0.29) is 5.91 Å². The molecular formula is C26H19ClN2O3. The molecule has 0 aliphatic carbocycles. The number of hydrogen-bond acceptors (Lipinski definition) is 4. The van der Waals surface area contributed by atoms with Gasteiger partial charge in [0, 0.05) is 16.1 Å². The Labute approximate surface area is 190 Å². The fourth-order valence-corrected chi connectivity index (χ4v) is 3.29. The Morgan fingerprint density at radius 1 is 0.875 bits per heavy atom. The van der Waals surface area contributed by atoms with Gasteiger partial charge in [0.05, 0.1) is 11.8 Å². The van der Waals surface area contributed by atoms with Crippen LogP contribution in [0.4, 0.5) is 0 Å². The Kier molecular flexibility index (Phi) is 6.29. The SMILES string of the molecule is Cc1ccc(C(=O)NN=Cc2c(OC(=O)c3ccc(Cl)cc3)ccc3ccccc23)cc1. The maximum absolute atomic E-state index is 12.6. The number of ether oxygens (including phenoxy) is 1. The molecule has 0 saturated heterocycles. The van der Waals surface area contributed by atoms with E-state index in [9.17, 15) is 9.59 Å². The fraction of sp³-hybridized carbons (Fsp3) is 0.0385. The molecule has 0 heterocycles. The van der Waals surface area contributed by atoms with Crippen molar-refractivity contribution in [1.29, 1.82) is 0 Å². The number of nitrogens with zero attached hydrogens (tertiary/aromatic N) is 1. The number of aryl methyl sites for hydroxylation is 1. The maximum atomic E-state index is 12.6. The lowest BCUT2D eigenvalue weighted by molar-refractivity contribution is 0.0734. The zero-order chi connectivity index (χ0) is 22.5. The predicted molar refractivity (Wildman–Crippen MR) is 127 cm³/mol. The first-order chi connectivity index (χ1) is 15.5. The summed E-state index contributed by atoms with van der Waals surface area (Å²) in [5.74, 6) is -0.520. The van der Waals surface area contributed by atoms with E-state index < -0.39 is 5.97 Å². The molecule has 0 aliphatic rings. The third kappa shape index (κ3) is 4.85. The second kappa shape index (κ2) is 9.45.